The van der Waals surface area contributed by atoms with E-state index >= 15 is 0 Å². The highest BCUT2D eigenvalue weighted by Gasteiger charge is 2.21. The number of hydrogen-bond donors (Lipinski definition) is 1. The summed E-state index contributed by atoms with van der Waals surface area (Å²) in [6, 6.07) is 17.5. The van der Waals surface area contributed by atoms with Crippen molar-refractivity contribution in [2.24, 2.45) is 5.41 Å². The van der Waals surface area contributed by atoms with Crippen LogP contribution in [0, 0.1) is 5.41 Å². The van der Waals surface area contributed by atoms with Gasteiger partial charge in [-0.2, -0.15) is 0 Å². The molecule has 0 radical (unpaired) electrons. The van der Waals surface area contributed by atoms with Crippen LogP contribution in [0.3, 0.4) is 0 Å². The zero-order valence-electron chi connectivity index (χ0n) is 21.5. The van der Waals surface area contributed by atoms with E-state index in [1.165, 1.54) is 10.8 Å². The molecule has 0 bridgehead atoms. The third-order valence-corrected chi connectivity index (χ3v) is 5.71. The number of hydrogen-bond acceptors (Lipinski definition) is 6. The standard InChI is InChI=1S/C29H29N5O3/c1-29(2,3)28(37)31-23-12-14-24-21(18-23)10-11-22(30-24)13-15-25(35)19-6-8-20(9-7-19)27(36)34-17-16-26(32-34)33(4)5/h6-18H,1-5H3,(H,31,37). The number of carbonyl (C=O) groups is 3. The fraction of sp³-hybridized carbons (Fsp3) is 0.207. The minimum Gasteiger partial charge on any atom is -0.361 e. The molecule has 188 valence electrons. The summed E-state index contributed by atoms with van der Waals surface area (Å²) in [7, 11) is 3.70. The number of carbonyl (C=O) groups excluding carboxylic acids is 3. The third kappa shape index (κ3) is 5.98. The smallest absolute Gasteiger partial charge is 0.278 e. The van der Waals surface area contributed by atoms with Crippen molar-refractivity contribution >= 4 is 46.1 Å². The maximum absolute atomic E-state index is 12.7. The molecule has 37 heavy (non-hydrogen) atoms. The van der Waals surface area contributed by atoms with Gasteiger partial charge < -0.3 is 10.2 Å². The van der Waals surface area contributed by atoms with Crippen LogP contribution in [0.25, 0.3) is 17.0 Å². The first-order valence-electron chi connectivity index (χ1n) is 11.8. The molecule has 8 heteroatoms. The van der Waals surface area contributed by atoms with E-state index in [0.717, 1.165) is 10.9 Å². The summed E-state index contributed by atoms with van der Waals surface area (Å²) < 4.78 is 1.28. The van der Waals surface area contributed by atoms with E-state index in [0.29, 0.717) is 28.3 Å². The summed E-state index contributed by atoms with van der Waals surface area (Å²) in [5.41, 5.74) is 2.50. The second kappa shape index (κ2) is 10.2. The minimum atomic E-state index is -0.486. The van der Waals surface area contributed by atoms with E-state index < -0.39 is 5.41 Å². The van der Waals surface area contributed by atoms with Crippen molar-refractivity contribution < 1.29 is 14.4 Å². The Bertz CT molecular complexity index is 1510. The van der Waals surface area contributed by atoms with Crippen LogP contribution < -0.4 is 10.2 Å². The molecule has 4 aromatic rings. The second-order valence-electron chi connectivity index (χ2n) is 9.94. The molecule has 2 aromatic carbocycles. The van der Waals surface area contributed by atoms with Crippen LogP contribution in [-0.4, -0.2) is 46.5 Å². The summed E-state index contributed by atoms with van der Waals surface area (Å²) in [6.45, 7) is 5.59. The van der Waals surface area contributed by atoms with Crippen molar-refractivity contribution in [3.8, 4) is 0 Å². The third-order valence-electron chi connectivity index (χ3n) is 5.71. The zero-order chi connectivity index (χ0) is 26.7. The van der Waals surface area contributed by atoms with Crippen LogP contribution in [0.1, 0.15) is 47.2 Å². The van der Waals surface area contributed by atoms with Gasteiger partial charge in [0.2, 0.25) is 5.91 Å². The van der Waals surface area contributed by atoms with Gasteiger partial charge in [-0.1, -0.05) is 39.0 Å². The molecule has 0 saturated carbocycles. The number of amides is 1. The summed E-state index contributed by atoms with van der Waals surface area (Å²) in [6.07, 6.45) is 4.72. The number of rotatable bonds is 6. The Balaban J connectivity index is 1.43. The molecule has 0 unspecified atom stereocenters. The quantitative estimate of drug-likeness (QED) is 0.296. The lowest BCUT2D eigenvalue weighted by Crippen LogP contribution is -2.27. The number of benzene rings is 2. The van der Waals surface area contributed by atoms with Crippen molar-refractivity contribution in [3.63, 3.8) is 0 Å². The summed E-state index contributed by atoms with van der Waals surface area (Å²) >= 11 is 0. The fourth-order valence-electron chi connectivity index (χ4n) is 3.46. The molecule has 0 saturated heterocycles. The highest BCUT2D eigenvalue weighted by Crippen LogP contribution is 2.22. The normalized spacial score (nSPS) is 11.6. The number of anilines is 2. The zero-order valence-corrected chi connectivity index (χ0v) is 21.5. The maximum Gasteiger partial charge on any atom is 0.278 e. The van der Waals surface area contributed by atoms with Gasteiger partial charge in [-0.25, -0.2) is 9.67 Å². The Labute approximate surface area is 215 Å². The van der Waals surface area contributed by atoms with Gasteiger partial charge in [0.15, 0.2) is 11.6 Å². The van der Waals surface area contributed by atoms with Crippen molar-refractivity contribution in [1.29, 1.82) is 0 Å². The molecule has 0 aliphatic rings. The molecule has 0 aliphatic heterocycles. The second-order valence-corrected chi connectivity index (χ2v) is 9.94. The Morgan fingerprint density at radius 3 is 2.27 bits per heavy atom. The van der Waals surface area contributed by atoms with E-state index in [1.54, 1.807) is 42.6 Å². The van der Waals surface area contributed by atoms with Gasteiger partial charge >= 0.3 is 0 Å². The van der Waals surface area contributed by atoms with Gasteiger partial charge in [-0.15, -0.1) is 5.10 Å². The topological polar surface area (TPSA) is 97.2 Å². The average Bonchev–Trinajstić information content (AvgIpc) is 3.37. The van der Waals surface area contributed by atoms with Crippen molar-refractivity contribution in [2.75, 3.05) is 24.3 Å². The Kier molecular flexibility index (Phi) is 7.02. The van der Waals surface area contributed by atoms with Crippen LogP contribution in [-0.2, 0) is 4.79 Å². The lowest BCUT2D eigenvalue weighted by atomic mass is 9.95. The lowest BCUT2D eigenvalue weighted by Gasteiger charge is -2.17. The van der Waals surface area contributed by atoms with Crippen LogP contribution in [0.15, 0.2) is 72.9 Å². The molecule has 2 heterocycles. The van der Waals surface area contributed by atoms with Gasteiger partial charge in [-0.05, 0) is 48.6 Å². The highest BCUT2D eigenvalue weighted by molar-refractivity contribution is 6.07. The minimum absolute atomic E-state index is 0.0601. The molecule has 2 aromatic heterocycles. The molecule has 8 nitrogen and oxygen atoms in total. The summed E-state index contributed by atoms with van der Waals surface area (Å²) in [4.78, 5) is 44.0. The molecular weight excluding hydrogens is 466 g/mol. The van der Waals surface area contributed by atoms with E-state index in [-0.39, 0.29) is 17.6 Å². The van der Waals surface area contributed by atoms with Crippen molar-refractivity contribution in [3.05, 3.63) is 89.8 Å². The average molecular weight is 496 g/mol. The van der Waals surface area contributed by atoms with Crippen LogP contribution >= 0.6 is 0 Å². The molecule has 0 fully saturated rings. The monoisotopic (exact) mass is 495 g/mol. The number of nitrogens with one attached hydrogen (secondary N) is 1. The predicted molar refractivity (Wildman–Crippen MR) is 146 cm³/mol. The number of ketones is 1. The summed E-state index contributed by atoms with van der Waals surface area (Å²) in [5, 5.41) is 8.04. The van der Waals surface area contributed by atoms with Crippen molar-refractivity contribution in [2.45, 2.75) is 20.8 Å². The molecule has 1 amide bonds. The first-order chi connectivity index (χ1) is 17.5. The Morgan fingerprint density at radius 1 is 0.919 bits per heavy atom. The molecule has 0 spiro atoms. The molecular formula is C29H29N5O3. The van der Waals surface area contributed by atoms with Gasteiger partial charge in [0.05, 0.1) is 11.2 Å². The van der Waals surface area contributed by atoms with Crippen LogP contribution in [0.4, 0.5) is 11.5 Å². The fourth-order valence-corrected chi connectivity index (χ4v) is 3.46. The number of fused-ring (bicyclic) bond motifs is 1. The molecule has 0 atom stereocenters. The van der Waals surface area contributed by atoms with E-state index in [1.807, 2.05) is 70.1 Å². The Hall–Kier alpha value is -4.59. The van der Waals surface area contributed by atoms with E-state index in [4.69, 9.17) is 0 Å². The molecule has 0 aliphatic carbocycles. The Morgan fingerprint density at radius 2 is 1.62 bits per heavy atom. The van der Waals surface area contributed by atoms with Crippen LogP contribution in [0.5, 0.6) is 0 Å². The number of nitrogens with zero attached hydrogens (tertiary/aromatic N) is 4. The van der Waals surface area contributed by atoms with Gasteiger partial charge in [0, 0.05) is 54.0 Å². The number of aromatic nitrogens is 3. The highest BCUT2D eigenvalue weighted by atomic mass is 16.2. The first-order valence-corrected chi connectivity index (χ1v) is 11.8. The summed E-state index contributed by atoms with van der Waals surface area (Å²) in [5.74, 6) is 0.148. The van der Waals surface area contributed by atoms with E-state index in [2.05, 4.69) is 15.4 Å². The SMILES string of the molecule is CN(C)c1ccn(C(=O)c2ccc(C(=O)C=Cc3ccc4cc(NC(=O)C(C)(C)C)ccc4n3)cc2)n1. The molecule has 1 N–H and O–H groups in total. The number of allylic oxidation sites excluding steroid dienone is 1. The predicted octanol–water partition coefficient (Wildman–Crippen LogP) is 5.07. The molecule has 4 rings (SSSR count). The lowest BCUT2D eigenvalue weighted by molar-refractivity contribution is -0.123. The first kappa shape index (κ1) is 25.5. The largest absolute Gasteiger partial charge is 0.361 e. The van der Waals surface area contributed by atoms with Gasteiger partial charge in [0.1, 0.15) is 0 Å². The van der Waals surface area contributed by atoms with Gasteiger partial charge in [0.25, 0.3) is 5.91 Å². The van der Waals surface area contributed by atoms with Gasteiger partial charge in [-0.3, -0.25) is 14.4 Å². The van der Waals surface area contributed by atoms with Crippen molar-refractivity contribution in [1.82, 2.24) is 14.8 Å². The number of pyridine rings is 1. The van der Waals surface area contributed by atoms with Crippen LogP contribution in [0.2, 0.25) is 0 Å². The van der Waals surface area contributed by atoms with E-state index in [9.17, 15) is 14.4 Å². The maximum atomic E-state index is 12.7.